The van der Waals surface area contributed by atoms with Crippen LogP contribution in [0.25, 0.3) is 11.8 Å². The molecule has 1 N–H and O–H groups in total. The van der Waals surface area contributed by atoms with Gasteiger partial charge in [0.15, 0.2) is 29.4 Å². The van der Waals surface area contributed by atoms with Gasteiger partial charge in [0, 0.05) is 12.7 Å². The second-order valence-corrected chi connectivity index (χ2v) is 9.60. The van der Waals surface area contributed by atoms with E-state index in [-0.39, 0.29) is 11.3 Å². The van der Waals surface area contributed by atoms with Gasteiger partial charge in [0.25, 0.3) is 0 Å². The number of aromatic hydroxyl groups is 1. The van der Waals surface area contributed by atoms with Gasteiger partial charge in [-0.15, -0.1) is 0 Å². The Labute approximate surface area is 225 Å². The molecular weight excluding hydrogens is 505 g/mol. The van der Waals surface area contributed by atoms with Gasteiger partial charge in [-0.05, 0) is 73.2 Å². The first-order chi connectivity index (χ1) is 18.9. The maximum atomic E-state index is 14.4. The summed E-state index contributed by atoms with van der Waals surface area (Å²) in [5.41, 5.74) is 3.24. The van der Waals surface area contributed by atoms with Crippen LogP contribution in [0.15, 0.2) is 77.9 Å². The molecule has 5 rings (SSSR count). The first kappa shape index (κ1) is 26.3. The molecule has 2 atom stereocenters. The van der Waals surface area contributed by atoms with Crippen molar-refractivity contribution >= 4 is 11.9 Å². The second kappa shape index (κ2) is 11.2. The average molecular weight is 535 g/mol. The molecule has 0 bridgehead atoms. The maximum absolute atomic E-state index is 14.4. The van der Waals surface area contributed by atoms with E-state index in [1.807, 2.05) is 49.2 Å². The Bertz CT molecular complexity index is 1470. The number of phenols is 1. The van der Waals surface area contributed by atoms with E-state index in [4.69, 9.17) is 4.84 Å². The molecular formula is C30H29F3N4O2. The summed E-state index contributed by atoms with van der Waals surface area (Å²) in [5, 5.41) is 15.0. The minimum absolute atomic E-state index is 0.0769. The van der Waals surface area contributed by atoms with Crippen molar-refractivity contribution in [2.45, 2.75) is 45.3 Å². The van der Waals surface area contributed by atoms with Crippen molar-refractivity contribution in [3.05, 3.63) is 107 Å². The van der Waals surface area contributed by atoms with Gasteiger partial charge in [-0.25, -0.2) is 18.2 Å². The van der Waals surface area contributed by atoms with Crippen molar-refractivity contribution in [2.24, 2.45) is 5.16 Å². The summed E-state index contributed by atoms with van der Waals surface area (Å²) in [6, 6.07) is 6.65. The van der Waals surface area contributed by atoms with Gasteiger partial charge in [0.05, 0.1) is 23.8 Å². The molecule has 0 radical (unpaired) electrons. The van der Waals surface area contributed by atoms with Crippen molar-refractivity contribution in [1.29, 1.82) is 0 Å². The molecule has 0 amide bonds. The second-order valence-electron chi connectivity index (χ2n) is 9.60. The minimum atomic E-state index is -1.51. The van der Waals surface area contributed by atoms with Crippen LogP contribution in [0.4, 0.5) is 13.2 Å². The van der Waals surface area contributed by atoms with Crippen molar-refractivity contribution in [3.8, 4) is 11.4 Å². The highest BCUT2D eigenvalue weighted by Gasteiger charge is 2.38. The molecule has 0 saturated heterocycles. The number of halogens is 3. The van der Waals surface area contributed by atoms with E-state index in [0.29, 0.717) is 23.6 Å². The summed E-state index contributed by atoms with van der Waals surface area (Å²) in [5.74, 6) is -3.49. The summed E-state index contributed by atoms with van der Waals surface area (Å²) in [4.78, 5) is 12.1. The minimum Gasteiger partial charge on any atom is -0.506 e. The molecule has 2 aromatic carbocycles. The first-order valence-corrected chi connectivity index (χ1v) is 12.9. The van der Waals surface area contributed by atoms with Crippen LogP contribution in [-0.4, -0.2) is 38.0 Å². The molecule has 0 saturated carbocycles. The molecule has 0 spiro atoms. The van der Waals surface area contributed by atoms with Crippen LogP contribution in [0.3, 0.4) is 0 Å². The van der Waals surface area contributed by atoms with E-state index in [1.165, 1.54) is 0 Å². The zero-order chi connectivity index (χ0) is 27.5. The highest BCUT2D eigenvalue weighted by Crippen LogP contribution is 2.37. The fraction of sp³-hybridized carbons (Fsp3) is 0.267. The number of benzene rings is 2. The Morgan fingerprint density at radius 2 is 1.90 bits per heavy atom. The monoisotopic (exact) mass is 534 g/mol. The third-order valence-corrected chi connectivity index (χ3v) is 6.76. The lowest BCUT2D eigenvalue weighted by Gasteiger charge is -2.41. The van der Waals surface area contributed by atoms with Crippen molar-refractivity contribution < 1.29 is 23.1 Å². The number of imidazole rings is 1. The van der Waals surface area contributed by atoms with Crippen LogP contribution in [0.2, 0.25) is 0 Å². The molecule has 9 heteroatoms. The van der Waals surface area contributed by atoms with Gasteiger partial charge in [0.1, 0.15) is 5.75 Å². The number of aryl methyl sites for hydroxylation is 1. The third-order valence-electron chi connectivity index (χ3n) is 6.76. The zero-order valence-corrected chi connectivity index (χ0v) is 21.7. The normalized spacial score (nSPS) is 19.3. The van der Waals surface area contributed by atoms with Crippen LogP contribution < -0.4 is 0 Å². The number of rotatable bonds is 7. The van der Waals surface area contributed by atoms with E-state index >= 15 is 0 Å². The third kappa shape index (κ3) is 5.48. The lowest BCUT2D eigenvalue weighted by Crippen LogP contribution is -2.45. The van der Waals surface area contributed by atoms with Crippen LogP contribution >= 0.6 is 0 Å². The lowest BCUT2D eigenvalue weighted by atomic mass is 9.90. The molecule has 0 fully saturated rings. The molecule has 1 aromatic heterocycles. The highest BCUT2D eigenvalue weighted by atomic mass is 19.2. The molecule has 1 unspecified atom stereocenters. The van der Waals surface area contributed by atoms with Crippen LogP contribution in [0, 0.1) is 24.4 Å². The SMILES string of the molecule is CCCN1C(/C=C/c2ccc(-n3cnc(C)c3)c(O)c2)=NOC(C2=CCCC=C2)[C@@H]1c1cc(F)c(F)c(F)c1. The van der Waals surface area contributed by atoms with E-state index in [0.717, 1.165) is 42.7 Å². The van der Waals surface area contributed by atoms with Gasteiger partial charge in [-0.1, -0.05) is 42.4 Å². The molecule has 3 aromatic rings. The summed E-state index contributed by atoms with van der Waals surface area (Å²) < 4.78 is 44.3. The summed E-state index contributed by atoms with van der Waals surface area (Å²) >= 11 is 0. The molecule has 6 nitrogen and oxygen atoms in total. The number of phenolic OH excluding ortho intramolecular Hbond substituents is 1. The first-order valence-electron chi connectivity index (χ1n) is 12.9. The Kier molecular flexibility index (Phi) is 7.58. The van der Waals surface area contributed by atoms with Crippen molar-refractivity contribution in [2.75, 3.05) is 6.54 Å². The molecule has 1 aliphatic heterocycles. The topological polar surface area (TPSA) is 62.9 Å². The Balaban J connectivity index is 1.50. The number of nitrogens with zero attached hydrogens (tertiary/aromatic N) is 4. The number of amidine groups is 1. The fourth-order valence-corrected chi connectivity index (χ4v) is 4.92. The van der Waals surface area contributed by atoms with Gasteiger partial charge < -0.3 is 19.4 Å². The number of oxime groups is 1. The number of allylic oxidation sites excluding steroid dienone is 2. The zero-order valence-electron chi connectivity index (χ0n) is 21.7. The van der Waals surface area contributed by atoms with Gasteiger partial charge in [-0.2, -0.15) is 0 Å². The molecule has 2 aliphatic rings. The van der Waals surface area contributed by atoms with Gasteiger partial charge in [0.2, 0.25) is 0 Å². The standard InChI is InChI=1S/C30H29F3N4O2/c1-3-13-37-27(12-10-20-9-11-25(26(38)14-20)36-17-19(2)34-18-36)35-39-30(21-7-5-4-6-8-21)29(37)22-15-23(31)28(33)24(32)16-22/h5,7-12,14-18,29-30,38H,3-4,6,13H2,1-2H3/b12-10+/t29-,30?/m0/s1. The Morgan fingerprint density at radius 1 is 1.10 bits per heavy atom. The summed E-state index contributed by atoms with van der Waals surface area (Å²) in [7, 11) is 0. The van der Waals surface area contributed by atoms with E-state index in [2.05, 4.69) is 10.1 Å². The van der Waals surface area contributed by atoms with Crippen LogP contribution in [0.1, 0.15) is 49.0 Å². The smallest absolute Gasteiger partial charge is 0.194 e. The average Bonchev–Trinajstić information content (AvgIpc) is 3.37. The number of aromatic nitrogens is 2. The van der Waals surface area contributed by atoms with E-state index < -0.39 is 29.6 Å². The van der Waals surface area contributed by atoms with E-state index in [1.54, 1.807) is 35.2 Å². The highest BCUT2D eigenvalue weighted by molar-refractivity contribution is 5.97. The maximum Gasteiger partial charge on any atom is 0.194 e. The van der Waals surface area contributed by atoms with Crippen LogP contribution in [-0.2, 0) is 4.84 Å². The van der Waals surface area contributed by atoms with Crippen molar-refractivity contribution in [3.63, 3.8) is 0 Å². The summed E-state index contributed by atoms with van der Waals surface area (Å²) in [6.45, 7) is 4.37. The predicted octanol–water partition coefficient (Wildman–Crippen LogP) is 6.76. The summed E-state index contributed by atoms with van der Waals surface area (Å²) in [6.07, 6.45) is 14.7. The number of hydrogen-bond donors (Lipinski definition) is 1. The molecule has 202 valence electrons. The number of hydrogen-bond acceptors (Lipinski definition) is 5. The lowest BCUT2D eigenvalue weighted by molar-refractivity contribution is 0.00567. The van der Waals surface area contributed by atoms with Crippen molar-refractivity contribution in [1.82, 2.24) is 14.5 Å². The fourth-order valence-electron chi connectivity index (χ4n) is 4.92. The predicted molar refractivity (Wildman–Crippen MR) is 144 cm³/mol. The molecule has 39 heavy (non-hydrogen) atoms. The van der Waals surface area contributed by atoms with Gasteiger partial charge in [-0.3, -0.25) is 0 Å². The molecule has 1 aliphatic carbocycles. The van der Waals surface area contributed by atoms with Crippen LogP contribution in [0.5, 0.6) is 5.75 Å². The Morgan fingerprint density at radius 3 is 2.54 bits per heavy atom. The van der Waals surface area contributed by atoms with E-state index in [9.17, 15) is 18.3 Å². The van der Waals surface area contributed by atoms with Gasteiger partial charge >= 0.3 is 0 Å². The molecule has 2 heterocycles. The quantitative estimate of drug-likeness (QED) is 0.340. The Hall–Kier alpha value is -4.27. The largest absolute Gasteiger partial charge is 0.506 e.